The maximum Gasteiger partial charge on any atom is 0.245 e. The van der Waals surface area contributed by atoms with Gasteiger partial charge in [-0.05, 0) is 10.8 Å². The van der Waals surface area contributed by atoms with Gasteiger partial charge in [-0.25, -0.2) is 10.9 Å². The van der Waals surface area contributed by atoms with Gasteiger partial charge in [0.15, 0.2) is 0 Å². The number of rotatable bonds is 4. The lowest BCUT2D eigenvalue weighted by Gasteiger charge is -2.02. The summed E-state index contributed by atoms with van der Waals surface area (Å²) in [5, 5.41) is 9.92. The Bertz CT molecular complexity index is 790. The number of hydrogen-bond acceptors (Lipinski definition) is 4. The molecule has 0 spiro atoms. The zero-order valence-corrected chi connectivity index (χ0v) is 11.7. The first-order chi connectivity index (χ1) is 10.7. The summed E-state index contributed by atoms with van der Waals surface area (Å²) in [6.45, 7) is 0. The first-order valence-corrected chi connectivity index (χ1v) is 6.86. The molecule has 1 aliphatic rings. The van der Waals surface area contributed by atoms with Gasteiger partial charge in [0.2, 0.25) is 11.8 Å². The highest BCUT2D eigenvalue weighted by Gasteiger charge is 2.16. The van der Waals surface area contributed by atoms with Crippen LogP contribution in [-0.2, 0) is 9.59 Å². The van der Waals surface area contributed by atoms with Gasteiger partial charge < -0.3 is 0 Å². The predicted molar refractivity (Wildman–Crippen MR) is 84.5 cm³/mol. The molecule has 2 aromatic carbocycles. The van der Waals surface area contributed by atoms with Gasteiger partial charge in [0.1, 0.15) is 0 Å². The molecular formula is C16H14N4O2. The lowest BCUT2D eigenvalue weighted by atomic mass is 10.1. The third-order valence-electron chi connectivity index (χ3n) is 3.28. The number of fused-ring (bicyclic) bond motifs is 1. The normalized spacial score (nSPS) is 14.2. The molecule has 0 aromatic heterocycles. The van der Waals surface area contributed by atoms with Crippen molar-refractivity contribution in [1.82, 2.24) is 10.9 Å². The molecule has 2 N–H and O–H groups in total. The van der Waals surface area contributed by atoms with E-state index in [0.29, 0.717) is 5.71 Å². The fourth-order valence-corrected chi connectivity index (χ4v) is 2.27. The number of carbonyl (C=O) groups is 2. The molecule has 2 amide bonds. The van der Waals surface area contributed by atoms with E-state index in [1.54, 1.807) is 6.21 Å². The van der Waals surface area contributed by atoms with Crippen LogP contribution in [-0.4, -0.2) is 23.7 Å². The number of nitrogens with zero attached hydrogens (tertiary/aromatic N) is 2. The van der Waals surface area contributed by atoms with Crippen LogP contribution in [0, 0.1) is 0 Å². The van der Waals surface area contributed by atoms with Crippen LogP contribution in [0.5, 0.6) is 0 Å². The molecule has 0 atom stereocenters. The number of hydrazone groups is 2. The molecule has 3 rings (SSSR count). The van der Waals surface area contributed by atoms with E-state index in [4.69, 9.17) is 0 Å². The lowest BCUT2D eigenvalue weighted by Crippen LogP contribution is -2.20. The predicted octanol–water partition coefficient (Wildman–Crippen LogP) is 1.56. The van der Waals surface area contributed by atoms with E-state index in [1.165, 1.54) is 0 Å². The van der Waals surface area contributed by atoms with Crippen molar-refractivity contribution in [2.24, 2.45) is 10.2 Å². The summed E-state index contributed by atoms with van der Waals surface area (Å²) in [4.78, 5) is 22.7. The molecule has 0 radical (unpaired) electrons. The number of hydrogen-bond donors (Lipinski definition) is 2. The Morgan fingerprint density at radius 3 is 2.91 bits per heavy atom. The van der Waals surface area contributed by atoms with Crippen LogP contribution in [0.15, 0.2) is 52.7 Å². The Kier molecular flexibility index (Phi) is 3.91. The summed E-state index contributed by atoms with van der Waals surface area (Å²) < 4.78 is 0. The molecule has 0 unspecified atom stereocenters. The third kappa shape index (κ3) is 3.17. The Morgan fingerprint density at radius 1 is 1.27 bits per heavy atom. The van der Waals surface area contributed by atoms with Gasteiger partial charge in [-0.2, -0.15) is 10.2 Å². The van der Waals surface area contributed by atoms with E-state index in [2.05, 4.69) is 21.1 Å². The van der Waals surface area contributed by atoms with Gasteiger partial charge >= 0.3 is 0 Å². The van der Waals surface area contributed by atoms with Crippen molar-refractivity contribution >= 4 is 34.5 Å². The first-order valence-electron chi connectivity index (χ1n) is 6.86. The van der Waals surface area contributed by atoms with Gasteiger partial charge in [0.25, 0.3) is 0 Å². The molecule has 6 heteroatoms. The van der Waals surface area contributed by atoms with Crippen molar-refractivity contribution in [3.63, 3.8) is 0 Å². The lowest BCUT2D eigenvalue weighted by molar-refractivity contribution is -0.119. The average molecular weight is 294 g/mol. The quantitative estimate of drug-likeness (QED) is 0.662. The summed E-state index contributed by atoms with van der Waals surface area (Å²) in [6.07, 6.45) is 1.84. The molecule has 1 aliphatic heterocycles. The minimum atomic E-state index is -0.299. The average Bonchev–Trinajstić information content (AvgIpc) is 2.92. The minimum absolute atomic E-state index is 0.0611. The Morgan fingerprint density at radius 2 is 2.09 bits per heavy atom. The van der Waals surface area contributed by atoms with Crippen molar-refractivity contribution in [3.8, 4) is 0 Å². The molecule has 22 heavy (non-hydrogen) atoms. The molecule has 6 nitrogen and oxygen atoms in total. The van der Waals surface area contributed by atoms with Crippen molar-refractivity contribution in [2.45, 2.75) is 12.8 Å². The molecule has 1 heterocycles. The van der Waals surface area contributed by atoms with Crippen molar-refractivity contribution < 1.29 is 9.59 Å². The third-order valence-corrected chi connectivity index (χ3v) is 3.28. The van der Waals surface area contributed by atoms with E-state index >= 15 is 0 Å². The fourth-order valence-electron chi connectivity index (χ4n) is 2.27. The highest BCUT2D eigenvalue weighted by molar-refractivity contribution is 6.11. The Labute approximate surface area is 126 Å². The van der Waals surface area contributed by atoms with Crippen LogP contribution in [0.3, 0.4) is 0 Å². The number of carbonyl (C=O) groups excluding carboxylic acids is 2. The van der Waals surface area contributed by atoms with E-state index in [0.717, 1.165) is 16.3 Å². The Hall–Kier alpha value is -3.02. The maximum absolute atomic E-state index is 11.7. The van der Waals surface area contributed by atoms with Crippen LogP contribution in [0.25, 0.3) is 10.8 Å². The monoisotopic (exact) mass is 294 g/mol. The highest BCUT2D eigenvalue weighted by Crippen LogP contribution is 2.16. The van der Waals surface area contributed by atoms with Gasteiger partial charge in [0, 0.05) is 5.56 Å². The summed E-state index contributed by atoms with van der Waals surface area (Å²) in [5.41, 5.74) is 6.20. The smallest absolute Gasteiger partial charge is 0.245 e. The summed E-state index contributed by atoms with van der Waals surface area (Å²) in [6, 6.07) is 13.9. The van der Waals surface area contributed by atoms with Gasteiger partial charge in [-0.15, -0.1) is 0 Å². The van der Waals surface area contributed by atoms with Crippen LogP contribution >= 0.6 is 0 Å². The SMILES string of the molecule is O=C(CC1=NNC(=O)C1)NN=Cc1cccc2ccccc12. The molecule has 0 saturated heterocycles. The molecule has 0 bridgehead atoms. The highest BCUT2D eigenvalue weighted by atomic mass is 16.2. The molecule has 2 aromatic rings. The van der Waals surface area contributed by atoms with Gasteiger partial charge in [0.05, 0.1) is 24.8 Å². The van der Waals surface area contributed by atoms with E-state index in [-0.39, 0.29) is 24.7 Å². The molecule has 0 fully saturated rings. The largest absolute Gasteiger partial charge is 0.273 e. The van der Waals surface area contributed by atoms with Crippen LogP contribution in [0.4, 0.5) is 0 Å². The van der Waals surface area contributed by atoms with Gasteiger partial charge in [-0.1, -0.05) is 42.5 Å². The molecule has 0 aliphatic carbocycles. The Balaban J connectivity index is 1.64. The number of nitrogens with one attached hydrogen (secondary N) is 2. The second-order valence-corrected chi connectivity index (χ2v) is 4.93. The maximum atomic E-state index is 11.7. The minimum Gasteiger partial charge on any atom is -0.273 e. The van der Waals surface area contributed by atoms with Gasteiger partial charge in [-0.3, -0.25) is 9.59 Å². The summed E-state index contributed by atoms with van der Waals surface area (Å²) in [5.74, 6) is -0.492. The fraction of sp³-hybridized carbons (Fsp3) is 0.125. The second-order valence-electron chi connectivity index (χ2n) is 4.93. The topological polar surface area (TPSA) is 82.9 Å². The second kappa shape index (κ2) is 6.17. The van der Waals surface area contributed by atoms with Crippen molar-refractivity contribution in [3.05, 3.63) is 48.0 Å². The summed E-state index contributed by atoms with van der Waals surface area (Å²) >= 11 is 0. The van der Waals surface area contributed by atoms with Crippen LogP contribution < -0.4 is 10.9 Å². The van der Waals surface area contributed by atoms with Crippen molar-refractivity contribution in [1.29, 1.82) is 0 Å². The molecule has 110 valence electrons. The van der Waals surface area contributed by atoms with E-state index < -0.39 is 0 Å². The zero-order chi connectivity index (χ0) is 15.4. The van der Waals surface area contributed by atoms with Crippen LogP contribution in [0.2, 0.25) is 0 Å². The van der Waals surface area contributed by atoms with E-state index in [9.17, 15) is 9.59 Å². The first kappa shape index (κ1) is 13.9. The number of amides is 2. The number of benzene rings is 2. The summed E-state index contributed by atoms with van der Waals surface area (Å²) in [7, 11) is 0. The van der Waals surface area contributed by atoms with Crippen molar-refractivity contribution in [2.75, 3.05) is 0 Å². The van der Waals surface area contributed by atoms with Crippen LogP contribution in [0.1, 0.15) is 18.4 Å². The zero-order valence-electron chi connectivity index (χ0n) is 11.7. The standard InChI is InChI=1S/C16H14N4O2/c21-15(8-13-9-16(22)20-18-13)19-17-10-12-6-3-5-11-4-1-2-7-14(11)12/h1-7,10H,8-9H2,(H,19,21)(H,20,22). The molecule has 0 saturated carbocycles. The van der Waals surface area contributed by atoms with E-state index in [1.807, 2.05) is 42.5 Å². The molecular weight excluding hydrogens is 280 g/mol.